The van der Waals surface area contributed by atoms with Crippen LogP contribution in [0.15, 0.2) is 24.3 Å². The molecule has 2 saturated heterocycles. The number of hydrogen-bond acceptors (Lipinski definition) is 6. The van der Waals surface area contributed by atoms with Gasteiger partial charge in [-0.1, -0.05) is 24.3 Å². The summed E-state index contributed by atoms with van der Waals surface area (Å²) in [5.41, 5.74) is 2.24. The number of carbonyl (C=O) groups is 3. The zero-order valence-electron chi connectivity index (χ0n) is 19.7. The topological polar surface area (TPSA) is 103 Å². The van der Waals surface area contributed by atoms with E-state index in [1.54, 1.807) is 26.0 Å². The second-order valence-electron chi connectivity index (χ2n) is 9.24. The molecule has 33 heavy (non-hydrogen) atoms. The molecule has 9 nitrogen and oxygen atoms in total. The number of ether oxygens (including phenoxy) is 1. The predicted molar refractivity (Wildman–Crippen MR) is 123 cm³/mol. The molecular formula is C24H35N5O4. The van der Waals surface area contributed by atoms with Gasteiger partial charge in [0.2, 0.25) is 17.7 Å². The molecule has 2 fully saturated rings. The number of carbonyl (C=O) groups excluding carboxylic acids is 3. The third-order valence-electron chi connectivity index (χ3n) is 7.34. The molecule has 2 heterocycles. The third-order valence-corrected chi connectivity index (χ3v) is 7.34. The fourth-order valence-electron chi connectivity index (χ4n) is 5.26. The van der Waals surface area contributed by atoms with Gasteiger partial charge in [-0.3, -0.25) is 19.3 Å². The maximum absolute atomic E-state index is 13.5. The lowest BCUT2D eigenvalue weighted by Gasteiger charge is -2.43. The minimum atomic E-state index is -0.601. The van der Waals surface area contributed by atoms with Crippen LogP contribution in [-0.4, -0.2) is 92.1 Å². The van der Waals surface area contributed by atoms with E-state index < -0.39 is 12.1 Å². The van der Waals surface area contributed by atoms with Crippen LogP contribution in [-0.2, 0) is 25.5 Å². The van der Waals surface area contributed by atoms with Crippen LogP contribution in [0, 0.1) is 0 Å². The Kier molecular flexibility index (Phi) is 7.31. The Morgan fingerprint density at radius 1 is 1.21 bits per heavy atom. The monoisotopic (exact) mass is 457 g/mol. The molecule has 3 amide bonds. The molecule has 0 saturated carbocycles. The minimum Gasteiger partial charge on any atom is -0.379 e. The van der Waals surface area contributed by atoms with Crippen molar-refractivity contribution < 1.29 is 19.1 Å². The summed E-state index contributed by atoms with van der Waals surface area (Å²) in [5, 5.41) is 8.74. The molecule has 0 aromatic heterocycles. The summed E-state index contributed by atoms with van der Waals surface area (Å²) in [6, 6.07) is 7.08. The number of amides is 3. The average Bonchev–Trinajstić information content (AvgIpc) is 3.44. The van der Waals surface area contributed by atoms with Crippen LogP contribution in [0.2, 0.25) is 0 Å². The second kappa shape index (κ2) is 10.2. The number of likely N-dealkylation sites (N-methyl/N-ethyl adjacent to an activating group) is 1. The van der Waals surface area contributed by atoms with E-state index in [0.717, 1.165) is 31.4 Å². The molecular weight excluding hydrogens is 422 g/mol. The molecule has 1 aliphatic carbocycles. The van der Waals surface area contributed by atoms with Crippen molar-refractivity contribution in [1.29, 1.82) is 0 Å². The van der Waals surface area contributed by atoms with Crippen molar-refractivity contribution in [2.45, 2.75) is 56.5 Å². The summed E-state index contributed by atoms with van der Waals surface area (Å²) >= 11 is 0. The molecule has 3 N–H and O–H groups in total. The van der Waals surface area contributed by atoms with Gasteiger partial charge in [0.15, 0.2) is 0 Å². The van der Waals surface area contributed by atoms with Gasteiger partial charge in [0.05, 0.1) is 24.7 Å². The van der Waals surface area contributed by atoms with Crippen molar-refractivity contribution in [2.24, 2.45) is 0 Å². The van der Waals surface area contributed by atoms with E-state index in [4.69, 9.17) is 4.74 Å². The first-order chi connectivity index (χ1) is 15.9. The van der Waals surface area contributed by atoms with Crippen molar-refractivity contribution in [2.75, 3.05) is 40.3 Å². The molecule has 5 atom stereocenters. The van der Waals surface area contributed by atoms with Gasteiger partial charge in [-0.05, 0) is 44.5 Å². The molecule has 0 unspecified atom stereocenters. The van der Waals surface area contributed by atoms with E-state index in [1.165, 1.54) is 5.56 Å². The van der Waals surface area contributed by atoms with Gasteiger partial charge in [-0.25, -0.2) is 0 Å². The van der Waals surface area contributed by atoms with Gasteiger partial charge < -0.3 is 25.6 Å². The number of rotatable bonds is 7. The first kappa shape index (κ1) is 23.7. The fourth-order valence-corrected chi connectivity index (χ4v) is 5.26. The second-order valence-corrected chi connectivity index (χ2v) is 9.24. The van der Waals surface area contributed by atoms with Crippen LogP contribution in [0.25, 0.3) is 0 Å². The molecule has 9 heteroatoms. The van der Waals surface area contributed by atoms with Gasteiger partial charge in [0.1, 0.15) is 6.04 Å². The number of nitrogens with zero attached hydrogens (tertiary/aromatic N) is 2. The lowest BCUT2D eigenvalue weighted by atomic mass is 10.0. The van der Waals surface area contributed by atoms with E-state index in [0.29, 0.717) is 13.1 Å². The van der Waals surface area contributed by atoms with Gasteiger partial charge >= 0.3 is 0 Å². The van der Waals surface area contributed by atoms with Crippen molar-refractivity contribution >= 4 is 17.7 Å². The molecule has 0 spiro atoms. The van der Waals surface area contributed by atoms with Crippen LogP contribution in [0.3, 0.4) is 0 Å². The lowest BCUT2D eigenvalue weighted by Crippen LogP contribution is -2.64. The summed E-state index contributed by atoms with van der Waals surface area (Å²) < 4.78 is 5.68. The molecule has 1 aromatic carbocycles. The average molecular weight is 458 g/mol. The number of hydrogen-bond donors (Lipinski definition) is 3. The van der Waals surface area contributed by atoms with E-state index in [1.807, 2.05) is 18.2 Å². The van der Waals surface area contributed by atoms with Crippen LogP contribution in [0.4, 0.5) is 0 Å². The Bertz CT molecular complexity index is 893. The van der Waals surface area contributed by atoms with Crippen LogP contribution >= 0.6 is 0 Å². The number of fused-ring (bicyclic) bond motifs is 2. The summed E-state index contributed by atoms with van der Waals surface area (Å²) in [6.07, 6.45) is 2.69. The molecule has 3 aliphatic rings. The Labute approximate surface area is 195 Å². The Hall–Kier alpha value is -2.49. The zero-order chi connectivity index (χ0) is 23.5. The summed E-state index contributed by atoms with van der Waals surface area (Å²) in [4.78, 5) is 42.8. The predicted octanol–water partition coefficient (Wildman–Crippen LogP) is -0.186. The molecule has 1 aromatic rings. The van der Waals surface area contributed by atoms with Gasteiger partial charge in [0, 0.05) is 32.7 Å². The van der Waals surface area contributed by atoms with E-state index >= 15 is 0 Å². The zero-order valence-corrected chi connectivity index (χ0v) is 19.7. The Balaban J connectivity index is 1.48. The minimum absolute atomic E-state index is 0.117. The van der Waals surface area contributed by atoms with E-state index in [2.05, 4.69) is 26.9 Å². The Morgan fingerprint density at radius 2 is 2.00 bits per heavy atom. The lowest BCUT2D eigenvalue weighted by molar-refractivity contribution is -0.145. The van der Waals surface area contributed by atoms with Crippen molar-refractivity contribution in [3.8, 4) is 0 Å². The van der Waals surface area contributed by atoms with Gasteiger partial charge in [-0.2, -0.15) is 0 Å². The first-order valence-corrected chi connectivity index (χ1v) is 11.8. The highest BCUT2D eigenvalue weighted by Gasteiger charge is 2.43. The van der Waals surface area contributed by atoms with Gasteiger partial charge in [-0.15, -0.1) is 0 Å². The highest BCUT2D eigenvalue weighted by atomic mass is 16.5. The maximum Gasteiger partial charge on any atom is 0.244 e. The largest absolute Gasteiger partial charge is 0.379 e. The molecule has 2 aliphatic heterocycles. The maximum atomic E-state index is 13.5. The normalized spacial score (nSPS) is 27.5. The van der Waals surface area contributed by atoms with E-state index in [-0.39, 0.29) is 42.5 Å². The smallest absolute Gasteiger partial charge is 0.244 e. The number of benzene rings is 1. The van der Waals surface area contributed by atoms with Gasteiger partial charge in [0.25, 0.3) is 0 Å². The fraction of sp³-hybridized carbons (Fsp3) is 0.625. The molecule has 0 radical (unpaired) electrons. The SMILES string of the molecule is CN[C@@H](C)C(=O)NCC(=O)N1C[C@H]2CCCN2C[C@H]1C(=O)N[C@H]1c2ccccc2C[C@H]1OC. The summed E-state index contributed by atoms with van der Waals surface area (Å²) in [6.45, 7) is 3.58. The highest BCUT2D eigenvalue weighted by Crippen LogP contribution is 2.33. The summed E-state index contributed by atoms with van der Waals surface area (Å²) in [7, 11) is 3.36. The van der Waals surface area contributed by atoms with Crippen molar-refractivity contribution in [3.63, 3.8) is 0 Å². The number of nitrogens with one attached hydrogen (secondary N) is 3. The summed E-state index contributed by atoms with van der Waals surface area (Å²) in [5.74, 6) is -0.641. The third kappa shape index (κ3) is 4.90. The quantitative estimate of drug-likeness (QED) is 0.525. The van der Waals surface area contributed by atoms with Crippen LogP contribution in [0.1, 0.15) is 36.9 Å². The highest BCUT2D eigenvalue weighted by molar-refractivity contribution is 5.91. The van der Waals surface area contributed by atoms with E-state index in [9.17, 15) is 14.4 Å². The van der Waals surface area contributed by atoms with Crippen molar-refractivity contribution in [3.05, 3.63) is 35.4 Å². The Morgan fingerprint density at radius 3 is 2.76 bits per heavy atom. The molecule has 180 valence electrons. The standard InChI is InChI=1S/C24H35N5O4/c1-15(25-2)23(31)26-12-21(30)29-13-17-8-6-10-28(17)14-19(29)24(32)27-22-18-9-5-4-7-16(18)11-20(22)33-3/h4-5,7,9,15,17,19-20,22,25H,6,8,10-14H2,1-3H3,(H,26,31)(H,27,32)/t15-,17+,19-,20+,22-/m0/s1. The molecule has 0 bridgehead atoms. The number of piperazine rings is 1. The molecule has 4 rings (SSSR count). The van der Waals surface area contributed by atoms with Crippen LogP contribution < -0.4 is 16.0 Å². The number of methoxy groups -OCH3 is 1. The van der Waals surface area contributed by atoms with Crippen molar-refractivity contribution in [1.82, 2.24) is 25.8 Å². The first-order valence-electron chi connectivity index (χ1n) is 11.8. The van der Waals surface area contributed by atoms with Crippen LogP contribution in [0.5, 0.6) is 0 Å².